The summed E-state index contributed by atoms with van der Waals surface area (Å²) >= 11 is 0. The molecule has 0 saturated carbocycles. The molecule has 0 aliphatic rings. The molecule has 6 heavy (non-hydrogen) atoms. The van der Waals surface area contributed by atoms with Crippen LogP contribution in [-0.2, 0) is 0 Å². The summed E-state index contributed by atoms with van der Waals surface area (Å²) in [5.41, 5.74) is 4.29. The van der Waals surface area contributed by atoms with Gasteiger partial charge in [-0.25, -0.2) is 0 Å². The van der Waals surface area contributed by atoms with Gasteiger partial charge in [-0.2, -0.15) is 0 Å². The van der Waals surface area contributed by atoms with Gasteiger partial charge in [0.1, 0.15) is 0 Å². The van der Waals surface area contributed by atoms with Crippen molar-refractivity contribution in [3.8, 4) is 0 Å². The van der Waals surface area contributed by atoms with Crippen molar-refractivity contribution >= 4 is 8.53 Å². The van der Waals surface area contributed by atoms with Crippen LogP contribution in [0.3, 0.4) is 0 Å². The quantitative estimate of drug-likeness (QED) is 0.141. The summed E-state index contributed by atoms with van der Waals surface area (Å²) in [6, 6.07) is 0. The summed E-state index contributed by atoms with van der Waals surface area (Å²) in [7, 11) is -2.12. The Hall–Kier alpha value is 0.230. The molecule has 0 aromatic heterocycles. The lowest BCUT2D eigenvalue weighted by Gasteiger charge is -1.79. The molecule has 5 nitrogen and oxygen atoms in total. The fraction of sp³-hybridized carbons (Fsp3) is 0. The van der Waals surface area contributed by atoms with Gasteiger partial charge in [0.15, 0.2) is 0 Å². The van der Waals surface area contributed by atoms with Crippen LogP contribution in [0.5, 0.6) is 0 Å². The smallest absolute Gasteiger partial charge is 0.247 e. The molecule has 0 aliphatic heterocycles. The molecular formula is H8N3O2P. The minimum atomic E-state index is -2.12. The van der Waals surface area contributed by atoms with Gasteiger partial charge in [0, 0.05) is 0 Å². The van der Waals surface area contributed by atoms with E-state index in [4.69, 9.17) is 9.79 Å². The van der Waals surface area contributed by atoms with Crippen LogP contribution in [0.25, 0.3) is 0 Å². The van der Waals surface area contributed by atoms with Crippen molar-refractivity contribution in [1.82, 2.24) is 0 Å². The minimum absolute atomic E-state index is 2.12. The highest BCUT2D eigenvalue weighted by Gasteiger charge is 1.72. The number of hydrogen-bond donors (Lipinski definition) is 5. The van der Waals surface area contributed by atoms with Gasteiger partial charge in [0.05, 0.1) is 0 Å². The Morgan fingerprint density at radius 1 is 1.17 bits per heavy atom. The topological polar surface area (TPSA) is 119 Å². The van der Waals surface area contributed by atoms with Crippen LogP contribution in [0.4, 0.5) is 0 Å². The van der Waals surface area contributed by atoms with Crippen LogP contribution >= 0.6 is 8.53 Å². The SMILES string of the molecule is NN.NP(O)O. The van der Waals surface area contributed by atoms with Gasteiger partial charge in [-0.05, 0) is 0 Å². The van der Waals surface area contributed by atoms with Crippen molar-refractivity contribution in [3.63, 3.8) is 0 Å². The Morgan fingerprint density at radius 3 is 1.17 bits per heavy atom. The third-order valence-electron chi connectivity index (χ3n) is 0. The Balaban J connectivity index is 0. The highest BCUT2D eigenvalue weighted by atomic mass is 31.2. The monoisotopic (exact) mass is 113 g/mol. The second-order valence-electron chi connectivity index (χ2n) is 0.320. The lowest BCUT2D eigenvalue weighted by Crippen LogP contribution is -2.02. The molecule has 0 radical (unpaired) electrons. The highest BCUT2D eigenvalue weighted by molar-refractivity contribution is 7.42. The number of hydrazine groups is 1. The van der Waals surface area contributed by atoms with E-state index in [1.807, 2.05) is 0 Å². The summed E-state index contributed by atoms with van der Waals surface area (Å²) in [5, 5.41) is 0. The predicted molar refractivity (Wildman–Crippen MR) is 23.9 cm³/mol. The van der Waals surface area contributed by atoms with Gasteiger partial charge in [0.25, 0.3) is 0 Å². The summed E-state index contributed by atoms with van der Waals surface area (Å²) < 4.78 is 0. The Bertz CT molecular complexity index is 13.5. The molecule has 0 amide bonds. The molecule has 0 unspecified atom stereocenters. The van der Waals surface area contributed by atoms with E-state index < -0.39 is 8.53 Å². The van der Waals surface area contributed by atoms with Crippen molar-refractivity contribution in [2.45, 2.75) is 0 Å². The zero-order chi connectivity index (χ0) is 5.58. The second-order valence-corrected chi connectivity index (χ2v) is 0.961. The largest absolute Gasteiger partial charge is 0.338 e. The van der Waals surface area contributed by atoms with E-state index in [0.29, 0.717) is 0 Å². The van der Waals surface area contributed by atoms with Crippen molar-refractivity contribution in [3.05, 3.63) is 0 Å². The molecule has 0 aliphatic carbocycles. The first kappa shape index (κ1) is 9.52. The lowest BCUT2D eigenvalue weighted by molar-refractivity contribution is 0.485. The van der Waals surface area contributed by atoms with Crippen molar-refractivity contribution in [2.24, 2.45) is 17.2 Å². The molecule has 40 valence electrons. The van der Waals surface area contributed by atoms with Crippen LogP contribution in [0.15, 0.2) is 0 Å². The third kappa shape index (κ3) is 834. The van der Waals surface area contributed by atoms with Gasteiger partial charge in [-0.1, -0.05) is 0 Å². The van der Waals surface area contributed by atoms with E-state index in [2.05, 4.69) is 17.2 Å². The van der Waals surface area contributed by atoms with Gasteiger partial charge < -0.3 is 9.79 Å². The molecule has 0 heterocycles. The van der Waals surface area contributed by atoms with Crippen LogP contribution in [0, 0.1) is 0 Å². The average Bonchev–Trinajstić information content (AvgIpc) is 1.41. The number of hydrogen-bond acceptors (Lipinski definition) is 5. The number of nitrogens with two attached hydrogens (primary N) is 3. The van der Waals surface area contributed by atoms with Crippen molar-refractivity contribution in [2.75, 3.05) is 0 Å². The highest BCUT2D eigenvalue weighted by Crippen LogP contribution is 2.05. The molecule has 0 rings (SSSR count). The summed E-state index contributed by atoms with van der Waals surface area (Å²) in [6.07, 6.45) is 0. The van der Waals surface area contributed by atoms with Crippen molar-refractivity contribution in [1.29, 1.82) is 0 Å². The molecule has 0 aromatic carbocycles. The standard InChI is InChI=1S/H4N2.H4NO2P/c1-2;1-4(2)3/h1-2H2;2-3H,1H2. The number of rotatable bonds is 0. The Labute approximate surface area is 36.7 Å². The molecule has 0 spiro atoms. The maximum atomic E-state index is 7.45. The van der Waals surface area contributed by atoms with Gasteiger partial charge in [-0.3, -0.25) is 17.2 Å². The van der Waals surface area contributed by atoms with E-state index in [9.17, 15) is 0 Å². The van der Waals surface area contributed by atoms with Crippen LogP contribution < -0.4 is 17.2 Å². The van der Waals surface area contributed by atoms with E-state index in [0.717, 1.165) is 0 Å². The van der Waals surface area contributed by atoms with E-state index in [1.54, 1.807) is 0 Å². The first-order valence-electron chi connectivity index (χ1n) is 0.992. The van der Waals surface area contributed by atoms with Crippen LogP contribution in [0.1, 0.15) is 0 Å². The summed E-state index contributed by atoms with van der Waals surface area (Å²) in [6.45, 7) is 0. The van der Waals surface area contributed by atoms with Crippen LogP contribution in [-0.4, -0.2) is 9.79 Å². The minimum Gasteiger partial charge on any atom is -0.338 e. The molecule has 0 bridgehead atoms. The molecular weight excluding hydrogens is 105 g/mol. The predicted octanol–water partition coefficient (Wildman–Crippen LogP) is -2.02. The van der Waals surface area contributed by atoms with E-state index in [-0.39, 0.29) is 0 Å². The molecule has 0 saturated heterocycles. The fourth-order valence-electron chi connectivity index (χ4n) is 0. The lowest BCUT2D eigenvalue weighted by atomic mass is 13.0. The normalized spacial score (nSPS) is 7.00. The van der Waals surface area contributed by atoms with E-state index >= 15 is 0 Å². The molecule has 0 atom stereocenters. The fourth-order valence-corrected chi connectivity index (χ4v) is 0. The van der Waals surface area contributed by atoms with Crippen molar-refractivity contribution < 1.29 is 9.79 Å². The third-order valence-corrected chi connectivity index (χ3v) is 0. The Kier molecular flexibility index (Phi) is 14.2. The first-order chi connectivity index (χ1) is 2.73. The molecule has 0 aromatic rings. The molecule has 6 heteroatoms. The van der Waals surface area contributed by atoms with Gasteiger partial charge >= 0.3 is 0 Å². The first-order valence-corrected chi connectivity index (χ1v) is 2.31. The zero-order valence-electron chi connectivity index (χ0n) is 3.07. The zero-order valence-corrected chi connectivity index (χ0v) is 3.97. The summed E-state index contributed by atoms with van der Waals surface area (Å²) in [5.74, 6) is 8.00. The van der Waals surface area contributed by atoms with Gasteiger partial charge in [0.2, 0.25) is 8.53 Å². The van der Waals surface area contributed by atoms with Crippen LogP contribution in [0.2, 0.25) is 0 Å². The van der Waals surface area contributed by atoms with E-state index in [1.165, 1.54) is 0 Å². The maximum absolute atomic E-state index is 7.45. The summed E-state index contributed by atoms with van der Waals surface area (Å²) in [4.78, 5) is 14.9. The Morgan fingerprint density at radius 2 is 1.17 bits per heavy atom. The maximum Gasteiger partial charge on any atom is 0.247 e. The van der Waals surface area contributed by atoms with Gasteiger partial charge in [-0.15, -0.1) is 0 Å². The average molecular weight is 113 g/mol. The molecule has 0 fully saturated rings. The molecule has 8 N–H and O–H groups in total. The second kappa shape index (κ2) is 8.97.